The quantitative estimate of drug-likeness (QED) is 0.850. The number of rotatable bonds is 4. The van der Waals surface area contributed by atoms with Crippen LogP contribution in [0.15, 0.2) is 18.2 Å². The molecule has 0 unspecified atom stereocenters. The summed E-state index contributed by atoms with van der Waals surface area (Å²) in [5.74, 6) is -1.22. The maximum Gasteiger partial charge on any atom is 0.419 e. The summed E-state index contributed by atoms with van der Waals surface area (Å²) >= 11 is 0. The van der Waals surface area contributed by atoms with E-state index in [9.17, 15) is 17.6 Å². The fourth-order valence-corrected chi connectivity index (χ4v) is 2.15. The maximum atomic E-state index is 13.2. The summed E-state index contributed by atoms with van der Waals surface area (Å²) in [6, 6.07) is 3.57. The predicted molar refractivity (Wildman–Crippen MR) is 64.1 cm³/mol. The average molecular weight is 276 g/mol. The molecule has 19 heavy (non-hydrogen) atoms. The summed E-state index contributed by atoms with van der Waals surface area (Å²) in [5, 5.41) is 3.12. The van der Waals surface area contributed by atoms with Crippen LogP contribution in [0, 0.1) is 5.82 Å². The van der Waals surface area contributed by atoms with E-state index in [1.165, 1.54) is 6.07 Å². The number of hydrogen-bond acceptors (Lipinski definition) is 2. The molecule has 1 aromatic carbocycles. The second-order valence-corrected chi connectivity index (χ2v) is 4.69. The largest absolute Gasteiger partial charge is 0.419 e. The lowest BCUT2D eigenvalue weighted by atomic mass is 10.1. The van der Waals surface area contributed by atoms with Gasteiger partial charge in [-0.2, -0.15) is 13.2 Å². The molecule has 0 bridgehead atoms. The summed E-state index contributed by atoms with van der Waals surface area (Å²) in [5.41, 5.74) is -0.699. The lowest BCUT2D eigenvalue weighted by molar-refractivity contribution is -0.140. The van der Waals surface area contributed by atoms with Crippen molar-refractivity contribution in [3.63, 3.8) is 0 Å². The van der Waals surface area contributed by atoms with Crippen molar-refractivity contribution >= 4 is 0 Å². The first-order valence-electron chi connectivity index (χ1n) is 6.22. The molecule has 1 fully saturated rings. The maximum absolute atomic E-state index is 13.2. The van der Waals surface area contributed by atoms with Gasteiger partial charge in [-0.15, -0.1) is 0 Å². The number of halogens is 4. The zero-order chi connectivity index (χ0) is 14.0. The third-order valence-electron chi connectivity index (χ3n) is 3.40. The van der Waals surface area contributed by atoms with E-state index in [4.69, 9.17) is 0 Å². The van der Waals surface area contributed by atoms with Gasteiger partial charge in [0.2, 0.25) is 0 Å². The first kappa shape index (κ1) is 14.3. The van der Waals surface area contributed by atoms with Gasteiger partial charge >= 0.3 is 6.18 Å². The number of nitrogens with zero attached hydrogens (tertiary/aromatic N) is 1. The van der Waals surface area contributed by atoms with Gasteiger partial charge in [0.1, 0.15) is 5.82 Å². The molecule has 1 aromatic rings. The Hall–Kier alpha value is -1.14. The Labute approximate surface area is 109 Å². The van der Waals surface area contributed by atoms with Crippen LogP contribution in [0.25, 0.3) is 0 Å². The molecule has 6 heteroatoms. The monoisotopic (exact) mass is 276 g/mol. The van der Waals surface area contributed by atoms with Gasteiger partial charge in [0.05, 0.1) is 5.56 Å². The van der Waals surface area contributed by atoms with E-state index in [1.807, 2.05) is 6.92 Å². The number of likely N-dealkylation sites (N-methyl/N-ethyl adjacent to an activating group) is 1. The molecule has 1 aliphatic rings. The molecular weight excluding hydrogens is 260 g/mol. The Bertz CT molecular complexity index is 441. The molecule has 0 aromatic heterocycles. The van der Waals surface area contributed by atoms with Crippen LogP contribution in [0.2, 0.25) is 0 Å². The summed E-state index contributed by atoms with van der Waals surface area (Å²) in [6.45, 7) is 4.83. The highest BCUT2D eigenvalue weighted by Gasteiger charge is 2.34. The lowest BCUT2D eigenvalue weighted by Gasteiger charge is -2.37. The van der Waals surface area contributed by atoms with Crippen LogP contribution in [0.3, 0.4) is 0 Å². The molecule has 0 aliphatic carbocycles. The van der Waals surface area contributed by atoms with Crippen LogP contribution in [-0.2, 0) is 12.7 Å². The molecule has 1 N–H and O–H groups in total. The van der Waals surface area contributed by atoms with Crippen LogP contribution in [0.1, 0.15) is 18.1 Å². The van der Waals surface area contributed by atoms with Gasteiger partial charge < -0.3 is 5.32 Å². The molecule has 0 atom stereocenters. The standard InChI is InChI=1S/C13H16F4N2/c1-2-19(10-6-18-7-10)8-9-3-4-12(14)11(5-9)13(15,16)17/h3-5,10,18H,2,6-8H2,1H3. The average Bonchev–Trinajstić information content (AvgIpc) is 2.26. The van der Waals surface area contributed by atoms with Gasteiger partial charge in [-0.25, -0.2) is 4.39 Å². The molecular formula is C13H16F4N2. The van der Waals surface area contributed by atoms with E-state index in [-0.39, 0.29) is 0 Å². The minimum Gasteiger partial charge on any atom is -0.314 e. The lowest BCUT2D eigenvalue weighted by Crippen LogP contribution is -2.56. The third kappa shape index (κ3) is 3.25. The van der Waals surface area contributed by atoms with Crippen molar-refractivity contribution in [2.24, 2.45) is 0 Å². The second-order valence-electron chi connectivity index (χ2n) is 4.69. The van der Waals surface area contributed by atoms with Crippen LogP contribution in [0.4, 0.5) is 17.6 Å². The molecule has 1 heterocycles. The number of hydrogen-bond donors (Lipinski definition) is 1. The van der Waals surface area contributed by atoms with E-state index >= 15 is 0 Å². The van der Waals surface area contributed by atoms with Crippen molar-refractivity contribution in [1.82, 2.24) is 10.2 Å². The van der Waals surface area contributed by atoms with E-state index in [0.717, 1.165) is 31.8 Å². The highest BCUT2D eigenvalue weighted by Crippen LogP contribution is 2.32. The summed E-state index contributed by atoms with van der Waals surface area (Å²) in [6.07, 6.45) is -4.64. The van der Waals surface area contributed by atoms with Gasteiger partial charge in [0.15, 0.2) is 0 Å². The second kappa shape index (κ2) is 5.46. The van der Waals surface area contributed by atoms with Gasteiger partial charge in [0, 0.05) is 25.7 Å². The zero-order valence-electron chi connectivity index (χ0n) is 10.6. The molecule has 0 saturated carbocycles. The van der Waals surface area contributed by atoms with E-state index in [1.54, 1.807) is 0 Å². The highest BCUT2D eigenvalue weighted by atomic mass is 19.4. The molecule has 2 rings (SSSR count). The molecule has 106 valence electrons. The van der Waals surface area contributed by atoms with Crippen molar-refractivity contribution in [2.75, 3.05) is 19.6 Å². The van der Waals surface area contributed by atoms with Crippen LogP contribution < -0.4 is 5.32 Å². The van der Waals surface area contributed by atoms with Crippen LogP contribution in [-0.4, -0.2) is 30.6 Å². The number of nitrogens with one attached hydrogen (secondary N) is 1. The van der Waals surface area contributed by atoms with Crippen molar-refractivity contribution in [3.8, 4) is 0 Å². The van der Waals surface area contributed by atoms with Crippen molar-refractivity contribution in [3.05, 3.63) is 35.1 Å². The number of benzene rings is 1. The first-order chi connectivity index (χ1) is 8.91. The van der Waals surface area contributed by atoms with Crippen molar-refractivity contribution in [1.29, 1.82) is 0 Å². The van der Waals surface area contributed by atoms with Gasteiger partial charge in [0.25, 0.3) is 0 Å². The minimum absolute atomic E-state index is 0.351. The van der Waals surface area contributed by atoms with Gasteiger partial charge in [-0.3, -0.25) is 4.90 Å². The smallest absolute Gasteiger partial charge is 0.314 e. The fraction of sp³-hybridized carbons (Fsp3) is 0.538. The Balaban J connectivity index is 2.16. The van der Waals surface area contributed by atoms with Crippen LogP contribution in [0.5, 0.6) is 0 Å². The summed E-state index contributed by atoms with van der Waals surface area (Å²) in [7, 11) is 0. The topological polar surface area (TPSA) is 15.3 Å². The Morgan fingerprint density at radius 2 is 2.00 bits per heavy atom. The highest BCUT2D eigenvalue weighted by molar-refractivity contribution is 5.27. The fourth-order valence-electron chi connectivity index (χ4n) is 2.15. The molecule has 2 nitrogen and oxygen atoms in total. The molecule has 1 aliphatic heterocycles. The molecule has 0 spiro atoms. The van der Waals surface area contributed by atoms with Crippen molar-refractivity contribution in [2.45, 2.75) is 25.7 Å². The van der Waals surface area contributed by atoms with Gasteiger partial charge in [-0.05, 0) is 24.2 Å². The van der Waals surface area contributed by atoms with Gasteiger partial charge in [-0.1, -0.05) is 13.0 Å². The predicted octanol–water partition coefficient (Wildman–Crippen LogP) is 2.64. The summed E-state index contributed by atoms with van der Waals surface area (Å²) in [4.78, 5) is 2.09. The zero-order valence-corrected chi connectivity index (χ0v) is 10.6. The van der Waals surface area contributed by atoms with Crippen molar-refractivity contribution < 1.29 is 17.6 Å². The first-order valence-corrected chi connectivity index (χ1v) is 6.22. The van der Waals surface area contributed by atoms with E-state index in [2.05, 4.69) is 10.2 Å². The normalized spacial score (nSPS) is 16.7. The Morgan fingerprint density at radius 1 is 1.32 bits per heavy atom. The molecule has 0 radical (unpaired) electrons. The summed E-state index contributed by atoms with van der Waals surface area (Å²) < 4.78 is 51.0. The van der Waals surface area contributed by atoms with Crippen LogP contribution >= 0.6 is 0 Å². The SMILES string of the molecule is CCN(Cc1ccc(F)c(C(F)(F)F)c1)C1CNC1. The van der Waals surface area contributed by atoms with E-state index < -0.39 is 17.6 Å². The van der Waals surface area contributed by atoms with E-state index in [0.29, 0.717) is 18.2 Å². The third-order valence-corrected chi connectivity index (χ3v) is 3.40. The number of alkyl halides is 3. The molecule has 1 saturated heterocycles. The molecule has 0 amide bonds. The Morgan fingerprint density at radius 3 is 2.47 bits per heavy atom. The Kier molecular flexibility index (Phi) is 4.10. The minimum atomic E-state index is -4.64.